The second kappa shape index (κ2) is 5.05. The minimum atomic E-state index is -0.717. The highest BCUT2D eigenvalue weighted by atomic mass is 16.5. The zero-order chi connectivity index (χ0) is 15.0. The Labute approximate surface area is 121 Å². The number of amidine groups is 1. The zero-order valence-electron chi connectivity index (χ0n) is 11.7. The molecule has 1 aromatic heterocycles. The highest BCUT2D eigenvalue weighted by Crippen LogP contribution is 2.30. The van der Waals surface area contributed by atoms with Gasteiger partial charge in [-0.1, -0.05) is 25.1 Å². The van der Waals surface area contributed by atoms with Crippen LogP contribution in [0.25, 0.3) is 10.9 Å². The quantitative estimate of drug-likeness (QED) is 0.880. The third kappa shape index (κ3) is 2.40. The molecule has 3 rings (SSSR count). The van der Waals surface area contributed by atoms with Gasteiger partial charge < -0.3 is 9.72 Å². The van der Waals surface area contributed by atoms with Crippen LogP contribution in [0, 0.1) is 0 Å². The number of hydrogen-bond acceptors (Lipinski definition) is 3. The summed E-state index contributed by atoms with van der Waals surface area (Å²) in [6.07, 6.45) is 1.16. The molecular weight excluding hydrogens is 270 g/mol. The van der Waals surface area contributed by atoms with Crippen molar-refractivity contribution in [1.29, 1.82) is 0 Å². The number of aromatic nitrogens is 1. The standard InChI is InChI=1S/C15H15N3O3/c1-8(11-7-16-12-6-4-3-5-10(11)12)13-14(20)18-15(21-13)17-9(2)19/h3-8,13,16H,1-2H3,(H,17,18,19,20). The van der Waals surface area contributed by atoms with Crippen molar-refractivity contribution in [3.63, 3.8) is 0 Å². The molecule has 108 valence electrons. The lowest BCUT2D eigenvalue weighted by Crippen LogP contribution is -2.31. The van der Waals surface area contributed by atoms with E-state index in [1.807, 2.05) is 37.4 Å². The molecule has 1 aliphatic heterocycles. The fourth-order valence-electron chi connectivity index (χ4n) is 2.52. The molecule has 2 aromatic rings. The van der Waals surface area contributed by atoms with Gasteiger partial charge in [-0.3, -0.25) is 14.9 Å². The van der Waals surface area contributed by atoms with Gasteiger partial charge in [0.05, 0.1) is 0 Å². The van der Waals surface area contributed by atoms with E-state index in [-0.39, 0.29) is 23.8 Å². The number of aromatic amines is 1. The van der Waals surface area contributed by atoms with Gasteiger partial charge in [0, 0.05) is 29.9 Å². The summed E-state index contributed by atoms with van der Waals surface area (Å²) in [5.74, 6) is -0.873. The van der Waals surface area contributed by atoms with Gasteiger partial charge in [0.25, 0.3) is 11.9 Å². The average Bonchev–Trinajstić information content (AvgIpc) is 3.01. The summed E-state index contributed by atoms with van der Waals surface area (Å²) in [5.41, 5.74) is 2.00. The molecule has 6 heteroatoms. The number of nitrogens with one attached hydrogen (secondary N) is 2. The van der Waals surface area contributed by atoms with Gasteiger partial charge in [0.15, 0.2) is 6.10 Å². The number of carbonyl (C=O) groups is 2. The van der Waals surface area contributed by atoms with Crippen LogP contribution in [0.4, 0.5) is 0 Å². The summed E-state index contributed by atoms with van der Waals surface area (Å²) in [7, 11) is 0. The molecule has 21 heavy (non-hydrogen) atoms. The van der Waals surface area contributed by atoms with E-state index < -0.39 is 6.10 Å². The molecule has 1 aliphatic rings. The molecule has 2 atom stereocenters. The maximum Gasteiger partial charge on any atom is 0.300 e. The summed E-state index contributed by atoms with van der Waals surface area (Å²) in [4.78, 5) is 29.9. The summed E-state index contributed by atoms with van der Waals surface area (Å²) in [6.45, 7) is 3.25. The van der Waals surface area contributed by atoms with Gasteiger partial charge in [-0.05, 0) is 11.6 Å². The molecule has 1 aromatic carbocycles. The number of amides is 2. The van der Waals surface area contributed by atoms with E-state index >= 15 is 0 Å². The Hall–Kier alpha value is -2.63. The van der Waals surface area contributed by atoms with E-state index in [4.69, 9.17) is 4.74 Å². The number of H-pyrrole nitrogens is 1. The van der Waals surface area contributed by atoms with Gasteiger partial charge in [-0.15, -0.1) is 0 Å². The Balaban J connectivity index is 1.85. The summed E-state index contributed by atoms with van der Waals surface area (Å²) in [5, 5.41) is 3.45. The van der Waals surface area contributed by atoms with Crippen LogP contribution in [0.1, 0.15) is 25.3 Å². The Morgan fingerprint density at radius 1 is 1.43 bits per heavy atom. The summed E-state index contributed by atoms with van der Waals surface area (Å²) >= 11 is 0. The first-order valence-electron chi connectivity index (χ1n) is 6.69. The van der Waals surface area contributed by atoms with Crippen molar-refractivity contribution < 1.29 is 14.3 Å². The molecule has 0 saturated carbocycles. The van der Waals surface area contributed by atoms with Gasteiger partial charge in [0.1, 0.15) is 0 Å². The van der Waals surface area contributed by atoms with Gasteiger partial charge >= 0.3 is 0 Å². The van der Waals surface area contributed by atoms with Crippen molar-refractivity contribution in [2.24, 2.45) is 4.99 Å². The number of fused-ring (bicyclic) bond motifs is 1. The third-order valence-electron chi connectivity index (χ3n) is 3.54. The Kier molecular flexibility index (Phi) is 3.21. The number of carbonyl (C=O) groups excluding carboxylic acids is 2. The largest absolute Gasteiger partial charge is 0.450 e. The second-order valence-electron chi connectivity index (χ2n) is 5.05. The molecule has 0 bridgehead atoms. The van der Waals surface area contributed by atoms with Crippen molar-refractivity contribution in [3.05, 3.63) is 36.0 Å². The van der Waals surface area contributed by atoms with Gasteiger partial charge in [-0.25, -0.2) is 0 Å². The van der Waals surface area contributed by atoms with Crippen molar-refractivity contribution >= 4 is 28.7 Å². The molecule has 0 aliphatic carbocycles. The number of hydrogen-bond donors (Lipinski definition) is 2. The fraction of sp³-hybridized carbons (Fsp3) is 0.267. The molecule has 2 N–H and O–H groups in total. The SMILES string of the molecule is CC(=O)NC1=NC(=O)C(C(C)c2c[nH]c3ccccc23)O1. The Bertz CT molecular complexity index is 747. The van der Waals surface area contributed by atoms with Crippen LogP contribution < -0.4 is 5.32 Å². The van der Waals surface area contributed by atoms with Crippen molar-refractivity contribution in [1.82, 2.24) is 10.3 Å². The second-order valence-corrected chi connectivity index (χ2v) is 5.05. The van der Waals surface area contributed by atoms with Crippen molar-refractivity contribution in [2.45, 2.75) is 25.9 Å². The number of ether oxygens (including phenoxy) is 1. The lowest BCUT2D eigenvalue weighted by molar-refractivity contribution is -0.123. The van der Waals surface area contributed by atoms with Crippen molar-refractivity contribution in [2.75, 3.05) is 0 Å². The summed E-state index contributed by atoms with van der Waals surface area (Å²) in [6, 6.07) is 7.84. The predicted octanol–water partition coefficient (Wildman–Crippen LogP) is 1.69. The fourth-order valence-corrected chi connectivity index (χ4v) is 2.52. The molecule has 0 spiro atoms. The smallest absolute Gasteiger partial charge is 0.300 e. The normalized spacial score (nSPS) is 19.2. The van der Waals surface area contributed by atoms with E-state index in [0.717, 1.165) is 16.5 Å². The monoisotopic (exact) mass is 285 g/mol. The first kappa shape index (κ1) is 13.4. The number of aliphatic imine (C=N–C) groups is 1. The van der Waals surface area contributed by atoms with Crippen LogP contribution in [-0.4, -0.2) is 28.9 Å². The predicted molar refractivity (Wildman–Crippen MR) is 77.8 cm³/mol. The topological polar surface area (TPSA) is 83.5 Å². The van der Waals surface area contributed by atoms with Gasteiger partial charge in [-0.2, -0.15) is 4.99 Å². The maximum atomic E-state index is 12.0. The van der Waals surface area contributed by atoms with Gasteiger partial charge in [0.2, 0.25) is 5.91 Å². The highest BCUT2D eigenvalue weighted by molar-refractivity contribution is 6.04. The van der Waals surface area contributed by atoms with Crippen molar-refractivity contribution in [3.8, 4) is 0 Å². The van der Waals surface area contributed by atoms with E-state index in [1.165, 1.54) is 6.92 Å². The number of nitrogens with zero attached hydrogens (tertiary/aromatic N) is 1. The van der Waals surface area contributed by atoms with Crippen LogP contribution in [0.5, 0.6) is 0 Å². The molecular formula is C15H15N3O3. The molecule has 2 heterocycles. The number of rotatable bonds is 2. The molecule has 0 fully saturated rings. The van der Waals surface area contributed by atoms with E-state index in [2.05, 4.69) is 15.3 Å². The maximum absolute atomic E-state index is 12.0. The minimum Gasteiger partial charge on any atom is -0.450 e. The van der Waals surface area contributed by atoms with Crippen LogP contribution in [0.15, 0.2) is 35.5 Å². The average molecular weight is 285 g/mol. The molecule has 0 radical (unpaired) electrons. The summed E-state index contributed by atoms with van der Waals surface area (Å²) < 4.78 is 5.47. The highest BCUT2D eigenvalue weighted by Gasteiger charge is 2.36. The first-order valence-corrected chi connectivity index (χ1v) is 6.69. The first-order chi connectivity index (χ1) is 10.1. The number of benzene rings is 1. The van der Waals surface area contributed by atoms with E-state index in [1.54, 1.807) is 0 Å². The van der Waals surface area contributed by atoms with E-state index in [9.17, 15) is 9.59 Å². The van der Waals surface area contributed by atoms with Crippen LogP contribution in [0.3, 0.4) is 0 Å². The van der Waals surface area contributed by atoms with E-state index in [0.29, 0.717) is 0 Å². The zero-order valence-corrected chi connectivity index (χ0v) is 11.7. The Morgan fingerprint density at radius 2 is 2.19 bits per heavy atom. The third-order valence-corrected chi connectivity index (χ3v) is 3.54. The van der Waals surface area contributed by atoms with Crippen LogP contribution in [0.2, 0.25) is 0 Å². The van der Waals surface area contributed by atoms with Crippen LogP contribution >= 0.6 is 0 Å². The van der Waals surface area contributed by atoms with Crippen LogP contribution in [-0.2, 0) is 14.3 Å². The lowest BCUT2D eigenvalue weighted by Gasteiger charge is -2.17. The minimum absolute atomic E-state index is 0.0239. The lowest BCUT2D eigenvalue weighted by atomic mass is 9.94. The molecule has 6 nitrogen and oxygen atoms in total. The Morgan fingerprint density at radius 3 is 2.95 bits per heavy atom. The molecule has 2 amide bonds. The molecule has 2 unspecified atom stereocenters. The molecule has 0 saturated heterocycles. The number of para-hydroxylation sites is 1.